The van der Waals surface area contributed by atoms with Gasteiger partial charge in [0.05, 0.1) is 17.0 Å². The number of thioether (sulfide) groups is 1. The van der Waals surface area contributed by atoms with E-state index in [4.69, 9.17) is 23.2 Å². The number of imide groups is 1. The SMILES string of the molecule is O=C1CSC(=O)N1N=Cc1ccc(Cl)cc1Cl. The maximum Gasteiger partial charge on any atom is 0.309 e. The summed E-state index contributed by atoms with van der Waals surface area (Å²) >= 11 is 12.6. The van der Waals surface area contributed by atoms with Crippen LogP contribution in [0.1, 0.15) is 5.56 Å². The Hall–Kier alpha value is -1.04. The molecule has 1 aliphatic rings. The molecular formula is C10H6Cl2N2O2S. The number of nitrogens with zero attached hydrogens (tertiary/aromatic N) is 2. The van der Waals surface area contributed by atoms with E-state index in [-0.39, 0.29) is 16.9 Å². The normalized spacial score (nSPS) is 16.2. The van der Waals surface area contributed by atoms with E-state index < -0.39 is 0 Å². The molecule has 0 bridgehead atoms. The van der Waals surface area contributed by atoms with Crippen LogP contribution in [0.3, 0.4) is 0 Å². The van der Waals surface area contributed by atoms with E-state index in [0.717, 1.165) is 16.8 Å². The zero-order valence-corrected chi connectivity index (χ0v) is 10.7. The molecule has 88 valence electrons. The summed E-state index contributed by atoms with van der Waals surface area (Å²) in [5, 5.41) is 5.18. The lowest BCUT2D eigenvalue weighted by Crippen LogP contribution is -2.22. The van der Waals surface area contributed by atoms with Gasteiger partial charge in [0.15, 0.2) is 0 Å². The zero-order chi connectivity index (χ0) is 12.4. The molecule has 17 heavy (non-hydrogen) atoms. The van der Waals surface area contributed by atoms with Gasteiger partial charge in [0, 0.05) is 10.6 Å². The lowest BCUT2D eigenvalue weighted by molar-refractivity contribution is -0.124. The molecule has 0 spiro atoms. The van der Waals surface area contributed by atoms with Crippen LogP contribution in [0.4, 0.5) is 4.79 Å². The molecule has 0 aromatic heterocycles. The number of rotatable bonds is 2. The van der Waals surface area contributed by atoms with Crippen molar-refractivity contribution in [3.8, 4) is 0 Å². The first-order valence-electron chi connectivity index (χ1n) is 4.56. The van der Waals surface area contributed by atoms with Gasteiger partial charge in [0.2, 0.25) is 0 Å². The van der Waals surface area contributed by atoms with Crippen LogP contribution in [0.5, 0.6) is 0 Å². The van der Waals surface area contributed by atoms with Gasteiger partial charge in [-0.2, -0.15) is 10.1 Å². The van der Waals surface area contributed by atoms with Crippen LogP contribution >= 0.6 is 35.0 Å². The van der Waals surface area contributed by atoms with Crippen LogP contribution in [0.2, 0.25) is 10.0 Å². The van der Waals surface area contributed by atoms with E-state index in [0.29, 0.717) is 15.6 Å². The third-order valence-corrected chi connectivity index (χ3v) is 3.38. The average molecular weight is 289 g/mol. The van der Waals surface area contributed by atoms with Crippen molar-refractivity contribution in [2.75, 3.05) is 5.75 Å². The number of amides is 2. The van der Waals surface area contributed by atoms with Crippen LogP contribution in [-0.2, 0) is 4.79 Å². The fraction of sp³-hybridized carbons (Fsp3) is 0.100. The van der Waals surface area contributed by atoms with E-state index in [1.807, 2.05) is 0 Å². The lowest BCUT2D eigenvalue weighted by Gasteiger charge is -2.04. The molecule has 0 radical (unpaired) electrons. The second kappa shape index (κ2) is 5.08. The third-order valence-electron chi connectivity index (χ3n) is 2.00. The second-order valence-corrected chi connectivity index (χ2v) is 4.94. The summed E-state index contributed by atoms with van der Waals surface area (Å²) in [6.07, 6.45) is 1.36. The monoisotopic (exact) mass is 288 g/mol. The summed E-state index contributed by atoms with van der Waals surface area (Å²) in [5.41, 5.74) is 0.591. The van der Waals surface area contributed by atoms with Gasteiger partial charge >= 0.3 is 5.24 Å². The van der Waals surface area contributed by atoms with Gasteiger partial charge in [-0.3, -0.25) is 9.59 Å². The highest BCUT2D eigenvalue weighted by atomic mass is 35.5. The van der Waals surface area contributed by atoms with E-state index in [2.05, 4.69) is 5.10 Å². The van der Waals surface area contributed by atoms with Crippen LogP contribution in [0.15, 0.2) is 23.3 Å². The molecule has 0 saturated carbocycles. The van der Waals surface area contributed by atoms with Gasteiger partial charge in [-0.1, -0.05) is 41.0 Å². The molecule has 0 N–H and O–H groups in total. The smallest absolute Gasteiger partial charge is 0.271 e. The predicted octanol–water partition coefficient (Wildman–Crippen LogP) is 3.02. The topological polar surface area (TPSA) is 49.7 Å². The number of hydrogen-bond donors (Lipinski definition) is 0. The molecule has 2 rings (SSSR count). The molecule has 1 heterocycles. The first-order chi connectivity index (χ1) is 8.08. The maximum absolute atomic E-state index is 11.3. The average Bonchev–Trinajstić information content (AvgIpc) is 2.58. The molecule has 0 atom stereocenters. The molecule has 0 aliphatic carbocycles. The summed E-state index contributed by atoms with van der Waals surface area (Å²) in [4.78, 5) is 22.5. The van der Waals surface area contributed by atoms with Crippen molar-refractivity contribution in [1.82, 2.24) is 5.01 Å². The Bertz CT molecular complexity index is 503. The largest absolute Gasteiger partial charge is 0.309 e. The van der Waals surface area contributed by atoms with Gasteiger partial charge < -0.3 is 0 Å². The van der Waals surface area contributed by atoms with Crippen molar-refractivity contribution < 1.29 is 9.59 Å². The molecule has 1 aromatic rings. The molecule has 7 heteroatoms. The molecule has 0 unspecified atom stereocenters. The molecule has 1 aliphatic heterocycles. The van der Waals surface area contributed by atoms with Crippen LogP contribution in [0.25, 0.3) is 0 Å². The minimum Gasteiger partial charge on any atom is -0.271 e. The second-order valence-electron chi connectivity index (χ2n) is 3.17. The Morgan fingerprint density at radius 2 is 2.12 bits per heavy atom. The molecule has 1 aromatic carbocycles. The molecule has 2 amide bonds. The van der Waals surface area contributed by atoms with E-state index in [1.54, 1.807) is 18.2 Å². The zero-order valence-electron chi connectivity index (χ0n) is 8.39. The van der Waals surface area contributed by atoms with E-state index in [1.165, 1.54) is 6.21 Å². The van der Waals surface area contributed by atoms with Crippen molar-refractivity contribution >= 4 is 52.3 Å². The van der Waals surface area contributed by atoms with Crippen molar-refractivity contribution in [2.45, 2.75) is 0 Å². The quantitative estimate of drug-likeness (QED) is 0.786. The van der Waals surface area contributed by atoms with Crippen molar-refractivity contribution in [3.63, 3.8) is 0 Å². The Morgan fingerprint density at radius 1 is 1.35 bits per heavy atom. The van der Waals surface area contributed by atoms with E-state index >= 15 is 0 Å². The van der Waals surface area contributed by atoms with E-state index in [9.17, 15) is 9.59 Å². The number of halogens is 2. The van der Waals surface area contributed by atoms with Gasteiger partial charge in [0.1, 0.15) is 0 Å². The Morgan fingerprint density at radius 3 is 2.71 bits per heavy atom. The summed E-state index contributed by atoms with van der Waals surface area (Å²) in [6, 6.07) is 4.87. The first kappa shape index (κ1) is 12.4. The number of carbonyl (C=O) groups is 2. The third kappa shape index (κ3) is 2.80. The molecule has 1 fully saturated rings. The summed E-state index contributed by atoms with van der Waals surface area (Å²) in [5.74, 6) is -0.203. The molecular weight excluding hydrogens is 283 g/mol. The van der Waals surface area contributed by atoms with Gasteiger partial charge in [0.25, 0.3) is 5.91 Å². The number of benzene rings is 1. The Balaban J connectivity index is 2.20. The van der Waals surface area contributed by atoms with Gasteiger partial charge in [-0.15, -0.1) is 0 Å². The highest BCUT2D eigenvalue weighted by Crippen LogP contribution is 2.21. The first-order valence-corrected chi connectivity index (χ1v) is 6.31. The number of hydrazone groups is 1. The van der Waals surface area contributed by atoms with Crippen LogP contribution in [0, 0.1) is 0 Å². The maximum atomic E-state index is 11.3. The van der Waals surface area contributed by atoms with Crippen LogP contribution < -0.4 is 0 Å². The van der Waals surface area contributed by atoms with Crippen molar-refractivity contribution in [1.29, 1.82) is 0 Å². The summed E-state index contributed by atoms with van der Waals surface area (Å²) < 4.78 is 0. The van der Waals surface area contributed by atoms with Gasteiger partial charge in [-0.05, 0) is 12.1 Å². The minimum atomic E-state index is -0.378. The predicted molar refractivity (Wildman–Crippen MR) is 68.8 cm³/mol. The van der Waals surface area contributed by atoms with Crippen molar-refractivity contribution in [3.05, 3.63) is 33.8 Å². The molecule has 4 nitrogen and oxygen atoms in total. The van der Waals surface area contributed by atoms with Crippen LogP contribution in [-0.4, -0.2) is 28.1 Å². The highest BCUT2D eigenvalue weighted by Gasteiger charge is 2.29. The fourth-order valence-electron chi connectivity index (χ4n) is 1.19. The minimum absolute atomic E-state index is 0.129. The summed E-state index contributed by atoms with van der Waals surface area (Å²) in [7, 11) is 0. The van der Waals surface area contributed by atoms with Crippen molar-refractivity contribution in [2.24, 2.45) is 5.10 Å². The number of hydrogen-bond acceptors (Lipinski definition) is 4. The lowest BCUT2D eigenvalue weighted by atomic mass is 10.2. The standard InChI is InChI=1S/C10H6Cl2N2O2S/c11-7-2-1-6(8(12)3-7)4-13-14-9(15)5-17-10(14)16/h1-4H,5H2. The highest BCUT2D eigenvalue weighted by molar-refractivity contribution is 8.14. The number of carbonyl (C=O) groups excluding carboxylic acids is 2. The van der Waals surface area contributed by atoms with Gasteiger partial charge in [-0.25, -0.2) is 0 Å². The fourth-order valence-corrected chi connectivity index (χ4v) is 2.28. The Kier molecular flexibility index (Phi) is 3.71. The molecule has 1 saturated heterocycles. The summed E-state index contributed by atoms with van der Waals surface area (Å²) in [6.45, 7) is 0. The Labute approximate surface area is 112 Å².